The SMILES string of the molecule is C=C(N[C@@H](C)c1ccccc1)c1ncc(C2=CCc3ncc(-c4ccnc(C)c4)cc32)cn1.C=C(N[C@@H](C)c1ccccc1)c1ncc(C2=CCc3ncc(-c4ccnc(OC)c4)cc32)cn1.C=C(N[C@@H](C)c1ccccc1)c1ncc(C2=CCc3ncc(N4CC5(COC5)C4)cc32)cn1.C=C(N[C@@H](C)c1ccccc1)c1ncc(C2=CCc3ncc(N4CCC45COC5)cc32)cn1. The smallest absolute Gasteiger partial charge is 0.213 e. The van der Waals surface area contributed by atoms with E-state index in [1.54, 1.807) is 13.3 Å². The molecule has 0 saturated carbocycles. The quantitative estimate of drug-likeness (QED) is 0.0414. The molecule has 0 amide bonds. The molecule has 0 bridgehead atoms. The van der Waals surface area contributed by atoms with Crippen molar-refractivity contribution in [3.8, 4) is 28.1 Å². The molecule has 22 rings (SSSR count). The third kappa shape index (κ3) is 18.9. The summed E-state index contributed by atoms with van der Waals surface area (Å²) in [7, 11) is 1.62. The van der Waals surface area contributed by atoms with E-state index in [9.17, 15) is 0 Å². The maximum atomic E-state index is 5.49. The number of anilines is 2. The number of benzene rings is 4. The van der Waals surface area contributed by atoms with Gasteiger partial charge in [0.15, 0.2) is 23.3 Å². The van der Waals surface area contributed by atoms with Crippen LogP contribution in [0.5, 0.6) is 5.88 Å². The van der Waals surface area contributed by atoms with Gasteiger partial charge in [0, 0.05) is 211 Å². The molecule has 4 aliphatic carbocycles. The van der Waals surface area contributed by atoms with Crippen molar-refractivity contribution in [3.05, 3.63) is 426 Å². The zero-order valence-corrected chi connectivity index (χ0v) is 75.6. The van der Waals surface area contributed by atoms with E-state index in [2.05, 4.69) is 238 Å². The average Bonchev–Trinajstić information content (AvgIpc) is 1.54. The summed E-state index contributed by atoms with van der Waals surface area (Å²) in [6.45, 7) is 33.6. The van der Waals surface area contributed by atoms with Crippen LogP contribution in [0.4, 0.5) is 11.4 Å². The first-order valence-corrected chi connectivity index (χ1v) is 45.2. The van der Waals surface area contributed by atoms with Gasteiger partial charge in [-0.2, -0.15) is 0 Å². The molecule has 23 nitrogen and oxygen atoms in total. The largest absolute Gasteiger partial charge is 0.481 e. The van der Waals surface area contributed by atoms with Gasteiger partial charge in [0.2, 0.25) is 5.88 Å². The maximum Gasteiger partial charge on any atom is 0.213 e. The van der Waals surface area contributed by atoms with Crippen LogP contribution in [0.1, 0.15) is 177 Å². The van der Waals surface area contributed by atoms with E-state index in [4.69, 9.17) is 34.1 Å². The van der Waals surface area contributed by atoms with Crippen molar-refractivity contribution in [1.82, 2.24) is 91.0 Å². The number of nitrogens with zero attached hydrogens (tertiary/aromatic N) is 16. The second-order valence-corrected chi connectivity index (χ2v) is 35.0. The lowest BCUT2D eigenvalue weighted by molar-refractivity contribution is -0.127. The molecule has 8 aliphatic rings. The van der Waals surface area contributed by atoms with Crippen LogP contribution in [0.15, 0.2) is 307 Å². The van der Waals surface area contributed by atoms with Crippen molar-refractivity contribution in [3.63, 3.8) is 0 Å². The molecular weight excluding hydrogens is 1650 g/mol. The number of methoxy groups -OCH3 is 1. The summed E-state index contributed by atoms with van der Waals surface area (Å²) >= 11 is 0. The molecular formula is C110H104N20O3. The Kier molecular flexibility index (Phi) is 25.0. The summed E-state index contributed by atoms with van der Waals surface area (Å²) in [5.41, 5.74) is 33.2. The monoisotopic (exact) mass is 1750 g/mol. The Morgan fingerprint density at radius 1 is 0.353 bits per heavy atom. The summed E-state index contributed by atoms with van der Waals surface area (Å²) in [5, 5.41) is 13.6. The Labute approximate surface area is 775 Å². The van der Waals surface area contributed by atoms with E-state index >= 15 is 0 Å². The molecule has 14 heterocycles. The van der Waals surface area contributed by atoms with Gasteiger partial charge in [-0.3, -0.25) is 24.9 Å². The standard InChI is InChI=1S/C28H25N5O.C28H25N5.2C27H27N5O/c1-18(20-7-5-4-6-8-20)33-19(2)28-31-16-23(17-32-28)24-9-10-26-25(24)13-22(15-30-26)21-11-12-29-27(14-21)34-3;1-18-13-22(11-12-29-18)23-14-26-25(9-10-27(26)30-15-23)24-16-31-28(32-17-24)20(3)33-19(2)21-7-5-4-6-8-21;1-18(20-6-4-3-5-7-20)31-19(2)26-29-11-21(12-30-26)23-8-9-25-24(23)10-22(13-28-25)32-14-27(15-32)16-33-17-27;1-18(20-6-4-3-5-7-20)31-19(2)26-29-13-21(14-30-26)23-8-9-25-24(23)12-22(15-28-25)32-11-10-27(32)16-33-17-27/h4-9,11-18,33H,2,10H2,1,3H3;4-9,11-17,19,33H,3,10H2,1-2H3;3-8,10-13,18,31H,2,9,14-17H2,1H3;3-8,12-15,18,31H,2,9-11,16-17H2,1H3/t18-;19-;2*18-/m0000/s1. The fourth-order valence-electron chi connectivity index (χ4n) is 18.1. The molecule has 0 unspecified atom stereocenters. The van der Waals surface area contributed by atoms with E-state index in [1.807, 2.05) is 178 Å². The lowest BCUT2D eigenvalue weighted by Gasteiger charge is -2.58. The number of rotatable bonds is 25. The number of nitrogens with one attached hydrogen (secondary N) is 4. The highest BCUT2D eigenvalue weighted by molar-refractivity contribution is 5.89. The molecule has 10 aromatic heterocycles. The van der Waals surface area contributed by atoms with Gasteiger partial charge in [-0.1, -0.05) is 172 Å². The Hall–Kier alpha value is -15.5. The van der Waals surface area contributed by atoms with Crippen molar-refractivity contribution >= 4 is 56.5 Å². The lowest BCUT2D eigenvalue weighted by Crippen LogP contribution is -2.71. The van der Waals surface area contributed by atoms with Gasteiger partial charge in [0.05, 0.1) is 114 Å². The maximum absolute atomic E-state index is 5.49. The Morgan fingerprint density at radius 3 is 1.00 bits per heavy atom. The number of fused-ring (bicyclic) bond motifs is 4. The van der Waals surface area contributed by atoms with Gasteiger partial charge in [-0.15, -0.1) is 0 Å². The van der Waals surface area contributed by atoms with E-state index in [0.29, 0.717) is 57.4 Å². The minimum absolute atomic E-state index is 0.109. The second-order valence-electron chi connectivity index (χ2n) is 35.0. The van der Waals surface area contributed by atoms with Crippen molar-refractivity contribution < 1.29 is 14.2 Å². The molecule has 4 aliphatic heterocycles. The van der Waals surface area contributed by atoms with Crippen LogP contribution >= 0.6 is 0 Å². The van der Waals surface area contributed by atoms with Gasteiger partial charge in [-0.25, -0.2) is 44.9 Å². The van der Waals surface area contributed by atoms with Gasteiger partial charge in [-0.05, 0) is 139 Å². The highest BCUT2D eigenvalue weighted by Crippen LogP contribution is 2.46. The summed E-state index contributed by atoms with van der Waals surface area (Å²) in [6.07, 6.45) is 39.7. The van der Waals surface area contributed by atoms with Crippen LogP contribution in [-0.4, -0.2) is 128 Å². The van der Waals surface area contributed by atoms with Crippen molar-refractivity contribution in [1.29, 1.82) is 0 Å². The highest BCUT2D eigenvalue weighted by Gasteiger charge is 2.52. The molecule has 4 atom stereocenters. The zero-order valence-electron chi connectivity index (χ0n) is 75.6. The number of aryl methyl sites for hydroxylation is 1. The Balaban J connectivity index is 0.000000114. The summed E-state index contributed by atoms with van der Waals surface area (Å²) in [4.78, 5) is 69.1. The normalized spacial score (nSPS) is 15.9. The number of pyridine rings is 6. The van der Waals surface area contributed by atoms with Crippen molar-refractivity contribution in [2.75, 3.05) is 63.0 Å². The zero-order chi connectivity index (χ0) is 91.1. The topological polar surface area (TPSA) is 263 Å². The predicted molar refractivity (Wildman–Crippen MR) is 525 cm³/mol. The van der Waals surface area contributed by atoms with Crippen LogP contribution in [0.3, 0.4) is 0 Å². The number of allylic oxidation sites excluding steroid dienone is 4. The summed E-state index contributed by atoms with van der Waals surface area (Å²) in [5.74, 6) is 2.98. The van der Waals surface area contributed by atoms with Gasteiger partial charge < -0.3 is 45.3 Å². The van der Waals surface area contributed by atoms with Gasteiger partial charge in [0.25, 0.3) is 0 Å². The molecule has 662 valence electrons. The van der Waals surface area contributed by atoms with Crippen molar-refractivity contribution in [2.45, 2.75) is 96.4 Å². The van der Waals surface area contributed by atoms with Crippen molar-refractivity contribution in [2.24, 2.45) is 5.41 Å². The molecule has 4 N–H and O–H groups in total. The van der Waals surface area contributed by atoms with Crippen LogP contribution in [0, 0.1) is 12.3 Å². The van der Waals surface area contributed by atoms with Crippen LogP contribution < -0.4 is 35.8 Å². The second kappa shape index (κ2) is 38.3. The van der Waals surface area contributed by atoms with Crippen LogP contribution in [0.2, 0.25) is 0 Å². The number of ether oxygens (including phenoxy) is 3. The molecule has 2 spiro atoms. The first-order chi connectivity index (χ1) is 64.9. The molecule has 133 heavy (non-hydrogen) atoms. The molecule has 4 aromatic carbocycles. The molecule has 14 aromatic rings. The number of aromatic nitrogens is 14. The van der Waals surface area contributed by atoms with E-state index in [0.717, 1.165) is 178 Å². The Bertz CT molecular complexity index is 6790. The van der Waals surface area contributed by atoms with Gasteiger partial charge in [0.1, 0.15) is 0 Å². The molecule has 0 radical (unpaired) electrons. The molecule has 23 heteroatoms. The van der Waals surface area contributed by atoms with Crippen LogP contribution in [-0.2, 0) is 35.2 Å². The van der Waals surface area contributed by atoms with E-state index in [1.165, 1.54) is 51.2 Å². The summed E-state index contributed by atoms with van der Waals surface area (Å²) < 4.78 is 16.2. The molecule has 4 saturated heterocycles. The van der Waals surface area contributed by atoms with E-state index < -0.39 is 0 Å². The number of hydrogen-bond acceptors (Lipinski definition) is 23. The summed E-state index contributed by atoms with van der Waals surface area (Å²) in [6, 6.07) is 58.4. The predicted octanol–water partition coefficient (Wildman–Crippen LogP) is 19.0. The Morgan fingerprint density at radius 2 is 0.677 bits per heavy atom. The third-order valence-electron chi connectivity index (χ3n) is 25.9. The van der Waals surface area contributed by atoms with Gasteiger partial charge >= 0.3 is 0 Å². The number of hydrogen-bond donors (Lipinski definition) is 4. The highest BCUT2D eigenvalue weighted by atomic mass is 16.5. The first-order valence-electron chi connectivity index (χ1n) is 45.2. The van der Waals surface area contributed by atoms with E-state index in [-0.39, 0.29) is 29.7 Å². The first kappa shape index (κ1) is 86.9. The fourth-order valence-corrected chi connectivity index (χ4v) is 18.1. The minimum Gasteiger partial charge on any atom is -0.481 e. The average molecular weight is 1750 g/mol. The van der Waals surface area contributed by atoms with Crippen LogP contribution in [0.25, 0.3) is 67.3 Å². The minimum atomic E-state index is 0.109. The third-order valence-corrected chi connectivity index (χ3v) is 25.9. The fraction of sp³-hybridized carbons (Fsp3) is 0.218. The lowest BCUT2D eigenvalue weighted by atomic mass is 9.78. The molecule has 4 fully saturated rings.